The highest BCUT2D eigenvalue weighted by atomic mass is 16.5. The quantitative estimate of drug-likeness (QED) is 0.815. The molecule has 1 aromatic rings. The first-order valence-electron chi connectivity index (χ1n) is 8.53. The number of aliphatic hydroxyl groups excluding tert-OH is 1. The van der Waals surface area contributed by atoms with Gasteiger partial charge in [0.2, 0.25) is 0 Å². The molecular formula is C18H22N2O4. The van der Waals surface area contributed by atoms with Gasteiger partial charge in [0.05, 0.1) is 7.11 Å². The van der Waals surface area contributed by atoms with Gasteiger partial charge in [-0.2, -0.15) is 0 Å². The van der Waals surface area contributed by atoms with Gasteiger partial charge in [0.15, 0.2) is 6.23 Å². The Morgan fingerprint density at radius 3 is 2.58 bits per heavy atom. The van der Waals surface area contributed by atoms with Crippen molar-refractivity contribution in [3.63, 3.8) is 0 Å². The second-order valence-electron chi connectivity index (χ2n) is 7.01. The molecule has 2 fully saturated rings. The molecule has 2 saturated heterocycles. The molecule has 2 bridgehead atoms. The van der Waals surface area contributed by atoms with E-state index in [2.05, 4.69) is 5.32 Å². The van der Waals surface area contributed by atoms with Crippen LogP contribution in [0.3, 0.4) is 0 Å². The number of amides is 1. The average Bonchev–Trinajstić information content (AvgIpc) is 3.07. The molecule has 3 heterocycles. The summed E-state index contributed by atoms with van der Waals surface area (Å²) in [7, 11) is 1.34. The number of fused-ring (bicyclic) bond motifs is 3. The maximum atomic E-state index is 12.8. The Kier molecular flexibility index (Phi) is 3.81. The molecule has 0 aromatic heterocycles. The molecule has 128 valence electrons. The van der Waals surface area contributed by atoms with E-state index in [0.717, 1.165) is 25.7 Å². The molecule has 24 heavy (non-hydrogen) atoms. The number of benzene rings is 1. The topological polar surface area (TPSA) is 78.9 Å². The summed E-state index contributed by atoms with van der Waals surface area (Å²) >= 11 is 0. The Hall–Kier alpha value is -1.92. The zero-order chi connectivity index (χ0) is 16.8. The summed E-state index contributed by atoms with van der Waals surface area (Å²) in [6, 6.07) is 7.02. The summed E-state index contributed by atoms with van der Waals surface area (Å²) in [5.74, 6) is -0.731. The van der Waals surface area contributed by atoms with Crippen LogP contribution in [0.4, 0.5) is 0 Å². The van der Waals surface area contributed by atoms with Crippen LogP contribution in [-0.4, -0.2) is 47.1 Å². The van der Waals surface area contributed by atoms with Gasteiger partial charge in [0.1, 0.15) is 6.04 Å². The van der Waals surface area contributed by atoms with Crippen molar-refractivity contribution in [1.82, 2.24) is 10.2 Å². The minimum absolute atomic E-state index is 0.00381. The molecule has 4 atom stereocenters. The Labute approximate surface area is 140 Å². The van der Waals surface area contributed by atoms with Crippen LogP contribution in [0.5, 0.6) is 0 Å². The smallest absolute Gasteiger partial charge is 0.328 e. The lowest BCUT2D eigenvalue weighted by atomic mass is 9.85. The maximum absolute atomic E-state index is 12.8. The Morgan fingerprint density at radius 1 is 1.29 bits per heavy atom. The van der Waals surface area contributed by atoms with Crippen LogP contribution in [0.25, 0.3) is 0 Å². The van der Waals surface area contributed by atoms with Crippen LogP contribution in [0.2, 0.25) is 0 Å². The molecule has 1 aromatic carbocycles. The number of aliphatic hydroxyl groups is 1. The van der Waals surface area contributed by atoms with Gasteiger partial charge in [0.25, 0.3) is 5.91 Å². The number of methoxy groups -OCH3 is 1. The van der Waals surface area contributed by atoms with Crippen LogP contribution in [0, 0.1) is 5.92 Å². The number of nitrogens with one attached hydrogen (secondary N) is 1. The first-order valence-corrected chi connectivity index (χ1v) is 8.53. The van der Waals surface area contributed by atoms with Crippen molar-refractivity contribution in [3.05, 3.63) is 35.4 Å². The second kappa shape index (κ2) is 5.86. The molecule has 4 rings (SSSR count). The number of rotatable bonds is 3. The van der Waals surface area contributed by atoms with Gasteiger partial charge in [-0.3, -0.25) is 9.69 Å². The fraction of sp³-hybridized carbons (Fsp3) is 0.556. The Morgan fingerprint density at radius 2 is 1.96 bits per heavy atom. The molecule has 1 amide bonds. The van der Waals surface area contributed by atoms with Crippen molar-refractivity contribution < 1.29 is 19.4 Å². The molecule has 6 nitrogen and oxygen atoms in total. The lowest BCUT2D eigenvalue weighted by Gasteiger charge is -2.38. The molecule has 4 unspecified atom stereocenters. The van der Waals surface area contributed by atoms with Crippen molar-refractivity contribution >= 4 is 11.9 Å². The number of nitrogens with zero attached hydrogens (tertiary/aromatic N) is 1. The first kappa shape index (κ1) is 15.6. The number of carbonyl (C=O) groups excluding carboxylic acids is 2. The van der Waals surface area contributed by atoms with Gasteiger partial charge in [-0.1, -0.05) is 18.2 Å². The maximum Gasteiger partial charge on any atom is 0.328 e. The van der Waals surface area contributed by atoms with Gasteiger partial charge in [0, 0.05) is 23.2 Å². The largest absolute Gasteiger partial charge is 0.467 e. The monoisotopic (exact) mass is 330 g/mol. The van der Waals surface area contributed by atoms with E-state index >= 15 is 0 Å². The van der Waals surface area contributed by atoms with Gasteiger partial charge >= 0.3 is 5.97 Å². The lowest BCUT2D eigenvalue weighted by molar-refractivity contribution is -0.153. The number of hydrogen-bond acceptors (Lipinski definition) is 5. The average molecular weight is 330 g/mol. The summed E-state index contributed by atoms with van der Waals surface area (Å²) in [5.41, 5.74) is 1.03. The third kappa shape index (κ3) is 2.32. The number of hydrogen-bond donors (Lipinski definition) is 2. The number of piperidine rings is 1. The third-order valence-corrected chi connectivity index (χ3v) is 5.67. The van der Waals surface area contributed by atoms with Crippen LogP contribution < -0.4 is 5.32 Å². The lowest BCUT2D eigenvalue weighted by Crippen LogP contribution is -2.53. The molecule has 0 spiro atoms. The van der Waals surface area contributed by atoms with Crippen LogP contribution in [0.15, 0.2) is 24.3 Å². The summed E-state index contributed by atoms with van der Waals surface area (Å²) in [6.45, 7) is 0. The van der Waals surface area contributed by atoms with Crippen molar-refractivity contribution in [2.75, 3.05) is 7.11 Å². The predicted octanol–water partition coefficient (Wildman–Crippen LogP) is 1.21. The van der Waals surface area contributed by atoms with E-state index in [9.17, 15) is 14.7 Å². The summed E-state index contributed by atoms with van der Waals surface area (Å²) in [4.78, 5) is 26.7. The summed E-state index contributed by atoms with van der Waals surface area (Å²) in [6.07, 6.45) is 2.76. The van der Waals surface area contributed by atoms with E-state index in [1.165, 1.54) is 12.0 Å². The van der Waals surface area contributed by atoms with Gasteiger partial charge < -0.3 is 15.2 Å². The third-order valence-electron chi connectivity index (χ3n) is 5.67. The van der Waals surface area contributed by atoms with E-state index in [0.29, 0.717) is 23.2 Å². The first-order chi connectivity index (χ1) is 11.6. The van der Waals surface area contributed by atoms with E-state index in [1.54, 1.807) is 24.3 Å². The highest BCUT2D eigenvalue weighted by molar-refractivity contribution is 6.01. The van der Waals surface area contributed by atoms with Crippen LogP contribution in [0.1, 0.15) is 47.8 Å². The molecule has 3 aliphatic heterocycles. The summed E-state index contributed by atoms with van der Waals surface area (Å²) in [5, 5.41) is 14.2. The zero-order valence-electron chi connectivity index (χ0n) is 13.6. The van der Waals surface area contributed by atoms with E-state index < -0.39 is 18.2 Å². The van der Waals surface area contributed by atoms with E-state index in [4.69, 9.17) is 4.74 Å². The molecule has 3 aliphatic rings. The van der Waals surface area contributed by atoms with Crippen LogP contribution in [-0.2, 0) is 9.53 Å². The second-order valence-corrected chi connectivity index (χ2v) is 7.01. The number of ether oxygens (including phenoxy) is 1. The van der Waals surface area contributed by atoms with Gasteiger partial charge in [-0.05, 0) is 37.7 Å². The van der Waals surface area contributed by atoms with Crippen molar-refractivity contribution in [3.8, 4) is 0 Å². The molecule has 0 saturated carbocycles. The van der Waals surface area contributed by atoms with Gasteiger partial charge in [-0.15, -0.1) is 0 Å². The standard InChI is InChI=1S/C18H22N2O4/c1-24-18(23)15(10-8-11-6-7-12(9-10)19-11)20-16(21)13-4-2-3-5-14(13)17(20)22/h2-5,10-12,15-16,19,21H,6-9H2,1H3. The SMILES string of the molecule is COC(=O)C(C1CC2CCC(C1)N2)N1C(=O)c2ccccc2C1O. The molecular weight excluding hydrogens is 308 g/mol. The Bertz CT molecular complexity index is 665. The Balaban J connectivity index is 1.68. The van der Waals surface area contributed by atoms with Gasteiger partial charge in [-0.25, -0.2) is 4.79 Å². The van der Waals surface area contributed by atoms with Crippen molar-refractivity contribution in [2.24, 2.45) is 5.92 Å². The minimum atomic E-state index is -1.09. The van der Waals surface area contributed by atoms with E-state index in [1.807, 2.05) is 0 Å². The minimum Gasteiger partial charge on any atom is -0.467 e. The number of carbonyl (C=O) groups is 2. The normalized spacial score (nSPS) is 32.6. The fourth-order valence-electron chi connectivity index (χ4n) is 4.61. The summed E-state index contributed by atoms with van der Waals surface area (Å²) < 4.78 is 5.00. The zero-order valence-corrected chi connectivity index (χ0v) is 13.6. The molecule has 2 N–H and O–H groups in total. The van der Waals surface area contributed by atoms with Crippen molar-refractivity contribution in [2.45, 2.75) is 50.0 Å². The van der Waals surface area contributed by atoms with E-state index in [-0.39, 0.29) is 11.8 Å². The molecule has 0 radical (unpaired) electrons. The van der Waals surface area contributed by atoms with Crippen molar-refractivity contribution in [1.29, 1.82) is 0 Å². The number of esters is 1. The predicted molar refractivity (Wildman–Crippen MR) is 86.0 cm³/mol. The molecule has 0 aliphatic carbocycles. The van der Waals surface area contributed by atoms with Crippen LogP contribution >= 0.6 is 0 Å². The molecule has 6 heteroatoms. The highest BCUT2D eigenvalue weighted by Gasteiger charge is 2.49. The fourth-order valence-corrected chi connectivity index (χ4v) is 4.61. The highest BCUT2D eigenvalue weighted by Crippen LogP contribution is 2.40.